The molecule has 0 aliphatic carbocycles. The van der Waals surface area contributed by atoms with Crippen molar-refractivity contribution < 1.29 is 26.7 Å². The van der Waals surface area contributed by atoms with E-state index in [9.17, 15) is 26.7 Å². The van der Waals surface area contributed by atoms with Crippen LogP contribution in [0.5, 0.6) is 0 Å². The maximum atomic E-state index is 13.5. The molecule has 9 heteroatoms. The minimum Gasteiger partial charge on any atom is -0.387 e. The highest BCUT2D eigenvalue weighted by Crippen LogP contribution is 2.20. The summed E-state index contributed by atoms with van der Waals surface area (Å²) >= 11 is 1.32. The first-order valence-corrected chi connectivity index (χ1v) is 8.09. The molecule has 0 fully saturated rings. The van der Waals surface area contributed by atoms with E-state index in [0.717, 1.165) is 0 Å². The van der Waals surface area contributed by atoms with Crippen molar-refractivity contribution in [3.8, 4) is 0 Å². The van der Waals surface area contributed by atoms with Gasteiger partial charge >= 0.3 is 0 Å². The highest BCUT2D eigenvalue weighted by atomic mass is 32.2. The first-order valence-electron chi connectivity index (χ1n) is 5.66. The fourth-order valence-corrected chi connectivity index (χ4v) is 3.38. The van der Waals surface area contributed by atoms with E-state index in [1.807, 2.05) is 4.72 Å². The average molecular weight is 337 g/mol. The molecule has 0 saturated heterocycles. The van der Waals surface area contributed by atoms with Crippen LogP contribution in [0.25, 0.3) is 0 Å². The Morgan fingerprint density at radius 1 is 1.19 bits per heavy atom. The van der Waals surface area contributed by atoms with Gasteiger partial charge in [-0.25, -0.2) is 26.3 Å². The lowest BCUT2D eigenvalue weighted by Gasteiger charge is -2.12. The second-order valence-electron chi connectivity index (χ2n) is 4.10. The zero-order chi connectivity index (χ0) is 15.6. The van der Waals surface area contributed by atoms with Crippen molar-refractivity contribution in [2.45, 2.75) is 11.0 Å². The van der Waals surface area contributed by atoms with Gasteiger partial charge in [-0.1, -0.05) is 0 Å². The first kappa shape index (κ1) is 16.0. The minimum atomic E-state index is -4.40. The van der Waals surface area contributed by atoms with E-state index in [4.69, 9.17) is 0 Å². The highest BCUT2D eigenvalue weighted by molar-refractivity contribution is 7.89. The predicted molar refractivity (Wildman–Crippen MR) is 70.8 cm³/mol. The highest BCUT2D eigenvalue weighted by Gasteiger charge is 2.24. The molecule has 0 aliphatic heterocycles. The first-order chi connectivity index (χ1) is 9.83. The SMILES string of the molecule is O=S(=O)(NCC(O)c1ccsc1)c1ccc(F)c(F)c1F. The van der Waals surface area contributed by atoms with Gasteiger partial charge in [0.2, 0.25) is 10.0 Å². The van der Waals surface area contributed by atoms with E-state index < -0.39 is 45.0 Å². The summed E-state index contributed by atoms with van der Waals surface area (Å²) in [6.07, 6.45) is -1.13. The topological polar surface area (TPSA) is 66.4 Å². The third kappa shape index (κ3) is 3.43. The van der Waals surface area contributed by atoms with Crippen molar-refractivity contribution in [3.63, 3.8) is 0 Å². The standard InChI is InChI=1S/C12H10F3NO3S2/c13-8-1-2-10(12(15)11(8)14)21(18,19)16-5-9(17)7-3-4-20-6-7/h1-4,6,9,16-17H,5H2. The van der Waals surface area contributed by atoms with Gasteiger partial charge in [-0.15, -0.1) is 0 Å². The Morgan fingerprint density at radius 3 is 2.52 bits per heavy atom. The number of hydrogen-bond acceptors (Lipinski definition) is 4. The number of aliphatic hydroxyl groups is 1. The lowest BCUT2D eigenvalue weighted by Crippen LogP contribution is -2.29. The molecule has 0 amide bonds. The number of rotatable bonds is 5. The molecule has 0 radical (unpaired) electrons. The van der Waals surface area contributed by atoms with Crippen LogP contribution in [0.2, 0.25) is 0 Å². The molecule has 2 rings (SSSR count). The maximum absolute atomic E-state index is 13.5. The van der Waals surface area contributed by atoms with E-state index in [2.05, 4.69) is 0 Å². The monoisotopic (exact) mass is 337 g/mol. The Bertz CT molecular complexity index is 732. The maximum Gasteiger partial charge on any atom is 0.243 e. The molecule has 0 aliphatic rings. The van der Waals surface area contributed by atoms with Gasteiger partial charge in [-0.05, 0) is 34.5 Å². The van der Waals surface area contributed by atoms with Crippen LogP contribution in [-0.2, 0) is 10.0 Å². The number of aliphatic hydroxyl groups excluding tert-OH is 1. The third-order valence-electron chi connectivity index (χ3n) is 2.68. The molecule has 2 N–H and O–H groups in total. The molecule has 0 saturated carbocycles. The summed E-state index contributed by atoms with van der Waals surface area (Å²) in [6.45, 7) is -0.419. The number of hydrogen-bond donors (Lipinski definition) is 2. The number of sulfonamides is 1. The largest absolute Gasteiger partial charge is 0.387 e. The van der Waals surface area contributed by atoms with Gasteiger partial charge < -0.3 is 5.11 Å². The molecule has 1 aromatic carbocycles. The van der Waals surface area contributed by atoms with Crippen molar-refractivity contribution >= 4 is 21.4 Å². The molecule has 0 bridgehead atoms. The normalized spacial score (nSPS) is 13.3. The van der Waals surface area contributed by atoms with Gasteiger partial charge in [-0.2, -0.15) is 11.3 Å². The van der Waals surface area contributed by atoms with Gasteiger partial charge in [0, 0.05) is 6.54 Å². The van der Waals surface area contributed by atoms with Crippen molar-refractivity contribution in [2.24, 2.45) is 0 Å². The molecule has 1 aromatic heterocycles. The second-order valence-corrected chi connectivity index (χ2v) is 6.61. The van der Waals surface area contributed by atoms with Crippen LogP contribution in [-0.4, -0.2) is 20.1 Å². The molecule has 1 atom stereocenters. The molecule has 4 nitrogen and oxygen atoms in total. The van der Waals surface area contributed by atoms with Crippen molar-refractivity contribution in [1.29, 1.82) is 0 Å². The smallest absolute Gasteiger partial charge is 0.243 e. The molecule has 21 heavy (non-hydrogen) atoms. The van der Waals surface area contributed by atoms with Crippen LogP contribution < -0.4 is 4.72 Å². The van der Waals surface area contributed by atoms with E-state index >= 15 is 0 Å². The fraction of sp³-hybridized carbons (Fsp3) is 0.167. The summed E-state index contributed by atoms with van der Waals surface area (Å²) in [7, 11) is -4.40. The molecule has 114 valence electrons. The summed E-state index contributed by atoms with van der Waals surface area (Å²) < 4.78 is 64.9. The quantitative estimate of drug-likeness (QED) is 0.822. The van der Waals surface area contributed by atoms with Crippen molar-refractivity contribution in [3.05, 3.63) is 52.0 Å². The number of nitrogens with one attached hydrogen (secondary N) is 1. The van der Waals surface area contributed by atoms with Crippen molar-refractivity contribution in [2.75, 3.05) is 6.54 Å². The van der Waals surface area contributed by atoms with Crippen LogP contribution in [0.3, 0.4) is 0 Å². The van der Waals surface area contributed by atoms with Crippen LogP contribution in [0.15, 0.2) is 33.9 Å². The molecule has 1 heterocycles. The Balaban J connectivity index is 2.18. The van der Waals surface area contributed by atoms with Gasteiger partial charge in [0.25, 0.3) is 0 Å². The summed E-state index contributed by atoms with van der Waals surface area (Å²) in [5, 5.41) is 13.1. The number of halogens is 3. The Hall–Kier alpha value is -1.42. The summed E-state index contributed by atoms with van der Waals surface area (Å²) in [6, 6.07) is 2.73. The number of benzene rings is 1. The van der Waals surface area contributed by atoms with E-state index in [1.54, 1.807) is 16.8 Å². The molecular formula is C12H10F3NO3S2. The summed E-state index contributed by atoms with van der Waals surface area (Å²) in [4.78, 5) is -1.01. The zero-order valence-electron chi connectivity index (χ0n) is 10.4. The summed E-state index contributed by atoms with van der Waals surface area (Å²) in [5.41, 5.74) is 0.494. The molecule has 1 unspecified atom stereocenters. The molecule has 2 aromatic rings. The zero-order valence-corrected chi connectivity index (χ0v) is 12.0. The Labute approximate surface area is 122 Å². The predicted octanol–water partition coefficient (Wildman–Crippen LogP) is 2.18. The second kappa shape index (κ2) is 6.14. The lowest BCUT2D eigenvalue weighted by atomic mass is 10.2. The molecule has 0 spiro atoms. The van der Waals surface area contributed by atoms with Gasteiger partial charge in [-0.3, -0.25) is 0 Å². The Morgan fingerprint density at radius 2 is 1.90 bits per heavy atom. The van der Waals surface area contributed by atoms with Crippen molar-refractivity contribution in [1.82, 2.24) is 4.72 Å². The lowest BCUT2D eigenvalue weighted by molar-refractivity contribution is 0.182. The van der Waals surface area contributed by atoms with Crippen LogP contribution in [0, 0.1) is 17.5 Å². The minimum absolute atomic E-state index is 0.419. The van der Waals surface area contributed by atoms with Crippen LogP contribution in [0.1, 0.15) is 11.7 Å². The van der Waals surface area contributed by atoms with E-state index in [0.29, 0.717) is 17.7 Å². The fourth-order valence-electron chi connectivity index (χ4n) is 1.56. The van der Waals surface area contributed by atoms with Crippen LogP contribution in [0.4, 0.5) is 13.2 Å². The van der Waals surface area contributed by atoms with Crippen LogP contribution >= 0.6 is 11.3 Å². The van der Waals surface area contributed by atoms with Gasteiger partial charge in [0.1, 0.15) is 4.90 Å². The van der Waals surface area contributed by atoms with E-state index in [-0.39, 0.29) is 0 Å². The van der Waals surface area contributed by atoms with Gasteiger partial charge in [0.05, 0.1) is 6.10 Å². The van der Waals surface area contributed by atoms with Gasteiger partial charge in [0.15, 0.2) is 17.5 Å². The Kier molecular flexibility index (Phi) is 4.67. The summed E-state index contributed by atoms with van der Waals surface area (Å²) in [5.74, 6) is -5.14. The van der Waals surface area contributed by atoms with E-state index in [1.165, 1.54) is 11.3 Å². The third-order valence-corrected chi connectivity index (χ3v) is 4.83. The average Bonchev–Trinajstić information content (AvgIpc) is 2.96. The molecular weight excluding hydrogens is 327 g/mol. The number of thiophene rings is 1.